The monoisotopic (exact) mass is 260 g/mol. The van der Waals surface area contributed by atoms with Crippen molar-refractivity contribution >= 4 is 27.8 Å². The molecule has 1 heterocycles. The Balaban J connectivity index is 0.00000196. The third kappa shape index (κ3) is 4.54. The number of hydrogen-bond acceptors (Lipinski definition) is 6. The third-order valence-corrected chi connectivity index (χ3v) is 2.03. The number of anilines is 1. The zero-order chi connectivity index (χ0) is 10.8. The van der Waals surface area contributed by atoms with Crippen LogP contribution in [0.5, 0.6) is 5.75 Å². The number of halogens is 1. The van der Waals surface area contributed by atoms with Crippen molar-refractivity contribution < 1.29 is 46.7 Å². The van der Waals surface area contributed by atoms with Crippen LogP contribution in [0, 0.1) is 0 Å². The van der Waals surface area contributed by atoms with Crippen LogP contribution in [0.1, 0.15) is 0 Å². The van der Waals surface area contributed by atoms with E-state index in [0.717, 1.165) is 0 Å². The summed E-state index contributed by atoms with van der Waals surface area (Å²) in [6.07, 6.45) is 1.26. The molecule has 0 radical (unpaired) electrons. The van der Waals surface area contributed by atoms with Crippen molar-refractivity contribution in [2.24, 2.45) is 0 Å². The Morgan fingerprint density at radius 1 is 1.60 bits per heavy atom. The Bertz CT molecular complexity index is 439. The van der Waals surface area contributed by atoms with Gasteiger partial charge in [0.15, 0.2) is 5.75 Å². The molecule has 0 spiro atoms. The van der Waals surface area contributed by atoms with E-state index >= 15 is 0 Å². The van der Waals surface area contributed by atoms with Gasteiger partial charge in [-0.2, -0.15) is 0 Å². The fourth-order valence-corrected chi connectivity index (χ4v) is 1.42. The minimum Gasteiger partial charge on any atom is -0.716 e. The minimum absolute atomic E-state index is 0. The van der Waals surface area contributed by atoms with E-state index < -0.39 is 10.4 Å². The van der Waals surface area contributed by atoms with E-state index in [1.54, 1.807) is 7.05 Å². The molecule has 0 aliphatic carbocycles. The molecule has 1 aromatic heterocycles. The van der Waals surface area contributed by atoms with E-state index in [4.69, 9.17) is 11.6 Å². The van der Waals surface area contributed by atoms with Crippen molar-refractivity contribution in [3.05, 3.63) is 17.3 Å². The molecular formula is C6H6ClN2NaO4S. The minimum atomic E-state index is -4.81. The molecular weight excluding hydrogens is 255 g/mol. The molecule has 0 unspecified atom stereocenters. The number of pyridine rings is 1. The Hall–Kier alpha value is -0.0500. The maximum absolute atomic E-state index is 10.3. The molecule has 78 valence electrons. The fourth-order valence-electron chi connectivity index (χ4n) is 0.775. The summed E-state index contributed by atoms with van der Waals surface area (Å²) in [6.45, 7) is 0. The average Bonchev–Trinajstić information content (AvgIpc) is 2.06. The summed E-state index contributed by atoms with van der Waals surface area (Å²) in [7, 11) is -3.27. The van der Waals surface area contributed by atoms with Crippen LogP contribution in [0.4, 0.5) is 5.82 Å². The van der Waals surface area contributed by atoms with Crippen molar-refractivity contribution in [2.45, 2.75) is 0 Å². The first-order valence-corrected chi connectivity index (χ1v) is 5.12. The van der Waals surface area contributed by atoms with Gasteiger partial charge < -0.3 is 14.1 Å². The summed E-state index contributed by atoms with van der Waals surface area (Å²) < 4.78 is 34.9. The standard InChI is InChI=1S/C6H7ClN2O4S.Na/c1-8-6-5(7)4(2-3-9-6)13-14(10,11)12;/h2-3H,1H3,(H,8,9)(H,10,11,12);/q;+1/p-1. The van der Waals surface area contributed by atoms with Crippen LogP contribution in [0.3, 0.4) is 0 Å². The van der Waals surface area contributed by atoms with Gasteiger partial charge in [0.05, 0.1) is 0 Å². The molecule has 9 heteroatoms. The summed E-state index contributed by atoms with van der Waals surface area (Å²) in [6, 6.07) is 1.18. The largest absolute Gasteiger partial charge is 1.00 e. The van der Waals surface area contributed by atoms with Gasteiger partial charge >= 0.3 is 29.6 Å². The van der Waals surface area contributed by atoms with Gasteiger partial charge in [0.1, 0.15) is 10.8 Å². The van der Waals surface area contributed by atoms with Gasteiger partial charge in [-0.1, -0.05) is 11.6 Å². The molecule has 0 aliphatic rings. The van der Waals surface area contributed by atoms with Crippen molar-refractivity contribution in [3.8, 4) is 5.75 Å². The van der Waals surface area contributed by atoms with Crippen molar-refractivity contribution in [1.29, 1.82) is 0 Å². The number of rotatable bonds is 3. The van der Waals surface area contributed by atoms with Crippen LogP contribution >= 0.6 is 11.6 Å². The van der Waals surface area contributed by atoms with E-state index in [0.29, 0.717) is 0 Å². The number of aromatic nitrogens is 1. The van der Waals surface area contributed by atoms with Gasteiger partial charge in [0.25, 0.3) is 10.4 Å². The van der Waals surface area contributed by atoms with Crippen LogP contribution in [0.25, 0.3) is 0 Å². The quantitative estimate of drug-likeness (QED) is 0.371. The third-order valence-electron chi connectivity index (χ3n) is 1.28. The van der Waals surface area contributed by atoms with Crippen molar-refractivity contribution in [3.63, 3.8) is 0 Å². The molecule has 0 fully saturated rings. The van der Waals surface area contributed by atoms with E-state index in [9.17, 15) is 13.0 Å². The summed E-state index contributed by atoms with van der Waals surface area (Å²) in [4.78, 5) is 3.77. The van der Waals surface area contributed by atoms with E-state index in [2.05, 4.69) is 14.5 Å². The molecule has 0 saturated heterocycles. The van der Waals surface area contributed by atoms with Gasteiger partial charge in [0, 0.05) is 19.3 Å². The first kappa shape index (κ1) is 14.9. The Morgan fingerprint density at radius 3 is 2.67 bits per heavy atom. The van der Waals surface area contributed by atoms with Gasteiger partial charge in [-0.15, -0.1) is 0 Å². The Morgan fingerprint density at radius 2 is 2.20 bits per heavy atom. The average molecular weight is 261 g/mol. The van der Waals surface area contributed by atoms with E-state index in [1.807, 2.05) is 0 Å². The van der Waals surface area contributed by atoms with Gasteiger partial charge in [-0.3, -0.25) is 0 Å². The molecule has 0 bridgehead atoms. The smallest absolute Gasteiger partial charge is 0.716 e. The summed E-state index contributed by atoms with van der Waals surface area (Å²) in [5.41, 5.74) is 0. The molecule has 0 aliphatic heterocycles. The van der Waals surface area contributed by atoms with Crippen molar-refractivity contribution in [2.75, 3.05) is 12.4 Å². The predicted molar refractivity (Wildman–Crippen MR) is 49.1 cm³/mol. The van der Waals surface area contributed by atoms with Crippen LogP contribution < -0.4 is 39.1 Å². The second-order valence-electron chi connectivity index (χ2n) is 2.21. The van der Waals surface area contributed by atoms with E-state index in [-0.39, 0.29) is 46.1 Å². The SMILES string of the molecule is CNc1nccc(OS(=O)(=O)[O-])c1Cl.[Na+]. The molecule has 1 aromatic rings. The molecule has 0 amide bonds. The van der Waals surface area contributed by atoms with Gasteiger partial charge in [-0.05, 0) is 0 Å². The molecule has 0 aromatic carbocycles. The van der Waals surface area contributed by atoms with Gasteiger partial charge in [-0.25, -0.2) is 13.4 Å². The zero-order valence-electron chi connectivity index (χ0n) is 8.02. The molecule has 1 rings (SSSR count). The first-order chi connectivity index (χ1) is 6.44. The summed E-state index contributed by atoms with van der Waals surface area (Å²) in [5.74, 6) is -0.0196. The Kier molecular flexibility index (Phi) is 5.86. The summed E-state index contributed by atoms with van der Waals surface area (Å²) >= 11 is 5.66. The second kappa shape index (κ2) is 5.88. The molecule has 6 nitrogen and oxygen atoms in total. The van der Waals surface area contributed by atoms with E-state index in [1.165, 1.54) is 12.3 Å². The normalized spacial score (nSPS) is 10.3. The maximum Gasteiger partial charge on any atom is 1.00 e. The molecule has 1 N–H and O–H groups in total. The number of nitrogens with one attached hydrogen (secondary N) is 1. The molecule has 15 heavy (non-hydrogen) atoms. The van der Waals surface area contributed by atoms with Crippen LogP contribution in [0.2, 0.25) is 5.02 Å². The molecule has 0 saturated carbocycles. The number of nitrogens with zero attached hydrogens (tertiary/aromatic N) is 1. The topological polar surface area (TPSA) is 91.4 Å². The van der Waals surface area contributed by atoms with Crippen LogP contribution in [-0.2, 0) is 10.4 Å². The van der Waals surface area contributed by atoms with Gasteiger partial charge in [0.2, 0.25) is 0 Å². The molecule has 0 atom stereocenters. The fraction of sp³-hybridized carbons (Fsp3) is 0.167. The van der Waals surface area contributed by atoms with Crippen LogP contribution in [0.15, 0.2) is 12.3 Å². The van der Waals surface area contributed by atoms with Crippen LogP contribution in [-0.4, -0.2) is 25.0 Å². The zero-order valence-corrected chi connectivity index (χ0v) is 11.6. The summed E-state index contributed by atoms with van der Waals surface area (Å²) in [5, 5.41) is 2.54. The second-order valence-corrected chi connectivity index (χ2v) is 3.57. The van der Waals surface area contributed by atoms with Crippen molar-refractivity contribution in [1.82, 2.24) is 4.98 Å². The number of hydrogen-bond donors (Lipinski definition) is 1. The maximum atomic E-state index is 10.3. The predicted octanol–water partition coefficient (Wildman–Crippen LogP) is -2.38. The Labute approximate surface area is 114 Å². The first-order valence-electron chi connectivity index (χ1n) is 3.41.